The summed E-state index contributed by atoms with van der Waals surface area (Å²) in [4.78, 5) is 19.7. The minimum atomic E-state index is -0.00126. The molecule has 0 aliphatic carbocycles. The molecule has 1 aliphatic rings. The van der Waals surface area contributed by atoms with Gasteiger partial charge in [0, 0.05) is 18.0 Å². The molecule has 0 unspecified atom stereocenters. The van der Waals surface area contributed by atoms with Crippen molar-refractivity contribution in [2.75, 3.05) is 20.2 Å². The molecule has 1 aromatic heterocycles. The summed E-state index contributed by atoms with van der Waals surface area (Å²) >= 11 is 0. The predicted molar refractivity (Wildman–Crippen MR) is 124 cm³/mol. The number of oxazole rings is 1. The number of carbonyl (C=O) groups excluding carboxylic acids is 1. The second-order valence-electron chi connectivity index (χ2n) is 8.54. The summed E-state index contributed by atoms with van der Waals surface area (Å²) in [7, 11) is 1.64. The van der Waals surface area contributed by atoms with E-state index in [1.807, 2.05) is 42.5 Å². The van der Waals surface area contributed by atoms with Crippen LogP contribution in [0.15, 0.2) is 59.0 Å². The predicted octanol–water partition coefficient (Wildman–Crippen LogP) is 4.93. The second kappa shape index (κ2) is 10.0. The first-order valence-corrected chi connectivity index (χ1v) is 11.2. The Labute approximate surface area is 189 Å². The fraction of sp³-hybridized carbons (Fsp3) is 0.385. The molecule has 0 spiro atoms. The van der Waals surface area contributed by atoms with E-state index in [4.69, 9.17) is 14.1 Å². The van der Waals surface area contributed by atoms with Gasteiger partial charge in [-0.25, -0.2) is 4.98 Å². The molecule has 1 atom stereocenters. The number of hydrogen-bond donors (Lipinski definition) is 1. The van der Waals surface area contributed by atoms with Crippen molar-refractivity contribution >= 4 is 5.91 Å². The highest BCUT2D eigenvalue weighted by Gasteiger charge is 2.32. The molecule has 3 aromatic rings. The number of nitrogens with zero attached hydrogens (tertiary/aromatic N) is 2. The molecule has 6 nitrogen and oxygen atoms in total. The summed E-state index contributed by atoms with van der Waals surface area (Å²) in [6, 6.07) is 17.9. The molecule has 6 heteroatoms. The molecule has 4 rings (SSSR count). The smallest absolute Gasteiger partial charge is 0.234 e. The minimum absolute atomic E-state index is 0.00126. The Bertz CT molecular complexity index is 1050. The molecule has 0 radical (unpaired) electrons. The maximum Gasteiger partial charge on any atom is 0.234 e. The molecule has 32 heavy (non-hydrogen) atoms. The van der Waals surface area contributed by atoms with Crippen LogP contribution < -0.4 is 10.1 Å². The summed E-state index contributed by atoms with van der Waals surface area (Å²) in [5.41, 5.74) is 2.98. The van der Waals surface area contributed by atoms with Crippen molar-refractivity contribution in [3.63, 3.8) is 0 Å². The second-order valence-corrected chi connectivity index (χ2v) is 8.54. The van der Waals surface area contributed by atoms with Crippen LogP contribution in [0.3, 0.4) is 0 Å². The fourth-order valence-electron chi connectivity index (χ4n) is 4.20. The van der Waals surface area contributed by atoms with Gasteiger partial charge in [-0.15, -0.1) is 0 Å². The molecular formula is C26H31N3O3. The van der Waals surface area contributed by atoms with Crippen molar-refractivity contribution < 1.29 is 13.9 Å². The largest absolute Gasteiger partial charge is 0.497 e. The van der Waals surface area contributed by atoms with Gasteiger partial charge in [0.15, 0.2) is 0 Å². The first-order valence-electron chi connectivity index (χ1n) is 11.2. The van der Waals surface area contributed by atoms with Crippen LogP contribution in [0.2, 0.25) is 0 Å². The zero-order valence-electron chi connectivity index (χ0n) is 19.0. The van der Waals surface area contributed by atoms with Gasteiger partial charge in [-0.2, -0.15) is 0 Å². The van der Waals surface area contributed by atoms with E-state index in [1.165, 1.54) is 0 Å². The van der Waals surface area contributed by atoms with Crippen LogP contribution in [0.1, 0.15) is 55.9 Å². The van der Waals surface area contributed by atoms with Gasteiger partial charge < -0.3 is 14.5 Å². The average molecular weight is 434 g/mol. The number of hydrogen-bond acceptors (Lipinski definition) is 5. The molecule has 2 aromatic carbocycles. The molecule has 1 aliphatic heterocycles. The highest BCUT2D eigenvalue weighted by Crippen LogP contribution is 2.37. The van der Waals surface area contributed by atoms with E-state index in [9.17, 15) is 4.79 Å². The van der Waals surface area contributed by atoms with E-state index in [1.54, 1.807) is 7.11 Å². The third-order valence-corrected chi connectivity index (χ3v) is 5.86. The first kappa shape index (κ1) is 22.1. The Balaban J connectivity index is 1.45. The summed E-state index contributed by atoms with van der Waals surface area (Å²) in [6.07, 6.45) is 1.96. The molecule has 1 amide bonds. The number of nitrogens with one attached hydrogen (secondary N) is 1. The lowest BCUT2D eigenvalue weighted by molar-refractivity contribution is -0.122. The lowest BCUT2D eigenvalue weighted by Gasteiger charge is -2.21. The van der Waals surface area contributed by atoms with Crippen molar-refractivity contribution in [3.8, 4) is 17.0 Å². The monoisotopic (exact) mass is 433 g/mol. The highest BCUT2D eigenvalue weighted by molar-refractivity contribution is 5.78. The van der Waals surface area contributed by atoms with E-state index >= 15 is 0 Å². The Morgan fingerprint density at radius 2 is 2.03 bits per heavy atom. The molecule has 1 fully saturated rings. The quantitative estimate of drug-likeness (QED) is 0.546. The third kappa shape index (κ3) is 5.02. The molecule has 0 bridgehead atoms. The van der Waals surface area contributed by atoms with E-state index in [0.29, 0.717) is 19.0 Å². The number of methoxy groups -OCH3 is 1. The number of aromatic nitrogens is 1. The summed E-state index contributed by atoms with van der Waals surface area (Å²) in [6.45, 7) is 5.90. The minimum Gasteiger partial charge on any atom is -0.497 e. The van der Waals surface area contributed by atoms with Crippen molar-refractivity contribution in [1.29, 1.82) is 0 Å². The van der Waals surface area contributed by atoms with Crippen LogP contribution in [-0.2, 0) is 11.3 Å². The van der Waals surface area contributed by atoms with Gasteiger partial charge in [0.1, 0.15) is 17.2 Å². The maximum absolute atomic E-state index is 12.7. The van der Waals surface area contributed by atoms with Gasteiger partial charge in [0.05, 0.1) is 19.7 Å². The van der Waals surface area contributed by atoms with E-state index in [-0.39, 0.29) is 17.9 Å². The SMILES string of the molecule is COc1cccc(CNC(=O)CN2CCC[C@@H]2c2nc(-c3ccccc3)c(C(C)C)o2)c1. The van der Waals surface area contributed by atoms with Crippen LogP contribution in [-0.4, -0.2) is 36.0 Å². The van der Waals surface area contributed by atoms with Gasteiger partial charge in [-0.1, -0.05) is 56.3 Å². The molecule has 2 heterocycles. The lowest BCUT2D eigenvalue weighted by atomic mass is 10.0. The lowest BCUT2D eigenvalue weighted by Crippen LogP contribution is -2.36. The zero-order valence-corrected chi connectivity index (χ0v) is 19.0. The third-order valence-electron chi connectivity index (χ3n) is 5.86. The highest BCUT2D eigenvalue weighted by atomic mass is 16.5. The Morgan fingerprint density at radius 1 is 1.22 bits per heavy atom. The summed E-state index contributed by atoms with van der Waals surface area (Å²) in [5, 5.41) is 3.02. The van der Waals surface area contributed by atoms with Gasteiger partial charge in [-0.05, 0) is 37.1 Å². The number of benzene rings is 2. The van der Waals surface area contributed by atoms with Gasteiger partial charge in [-0.3, -0.25) is 9.69 Å². The summed E-state index contributed by atoms with van der Waals surface area (Å²) < 4.78 is 11.5. The van der Waals surface area contributed by atoms with Gasteiger partial charge in [0.2, 0.25) is 11.8 Å². The van der Waals surface area contributed by atoms with Crippen LogP contribution in [0.25, 0.3) is 11.3 Å². The number of ether oxygens (including phenoxy) is 1. The molecule has 0 saturated carbocycles. The van der Waals surface area contributed by atoms with Crippen molar-refractivity contribution in [1.82, 2.24) is 15.2 Å². The van der Waals surface area contributed by atoms with Gasteiger partial charge >= 0.3 is 0 Å². The number of amides is 1. The first-order chi connectivity index (χ1) is 15.5. The zero-order chi connectivity index (χ0) is 22.5. The summed E-state index contributed by atoms with van der Waals surface area (Å²) in [5.74, 6) is 2.63. The van der Waals surface area contributed by atoms with E-state index in [0.717, 1.165) is 47.7 Å². The maximum atomic E-state index is 12.7. The molecule has 168 valence electrons. The standard InChI is InChI=1S/C26H31N3O3/c1-18(2)25-24(20-10-5-4-6-11-20)28-26(32-25)22-13-8-14-29(22)17-23(30)27-16-19-9-7-12-21(15-19)31-3/h4-7,9-12,15,18,22H,8,13-14,16-17H2,1-3H3,(H,27,30)/t22-/m1/s1. The van der Waals surface area contributed by atoms with Crippen molar-refractivity contribution in [3.05, 3.63) is 71.8 Å². The van der Waals surface area contributed by atoms with Crippen LogP contribution in [0.5, 0.6) is 5.75 Å². The van der Waals surface area contributed by atoms with Crippen LogP contribution in [0, 0.1) is 0 Å². The van der Waals surface area contributed by atoms with E-state index < -0.39 is 0 Å². The van der Waals surface area contributed by atoms with Crippen LogP contribution >= 0.6 is 0 Å². The topological polar surface area (TPSA) is 67.6 Å². The Morgan fingerprint density at radius 3 is 2.78 bits per heavy atom. The molecule has 1 saturated heterocycles. The number of carbonyl (C=O) groups is 1. The Kier molecular flexibility index (Phi) is 6.90. The Hall–Kier alpha value is -3.12. The molecular weight excluding hydrogens is 402 g/mol. The van der Waals surface area contributed by atoms with Crippen molar-refractivity contribution in [2.45, 2.75) is 45.2 Å². The van der Waals surface area contributed by atoms with Crippen LogP contribution in [0.4, 0.5) is 0 Å². The molecule has 1 N–H and O–H groups in total. The van der Waals surface area contributed by atoms with Gasteiger partial charge in [0.25, 0.3) is 0 Å². The average Bonchev–Trinajstić information content (AvgIpc) is 3.45. The normalized spacial score (nSPS) is 16.4. The van der Waals surface area contributed by atoms with Crippen molar-refractivity contribution in [2.24, 2.45) is 0 Å². The fourth-order valence-corrected chi connectivity index (χ4v) is 4.20. The number of likely N-dealkylation sites (tertiary alicyclic amines) is 1. The van der Waals surface area contributed by atoms with E-state index in [2.05, 4.69) is 36.2 Å². The number of rotatable bonds is 8.